The molecular weight excluding hydrogens is 372 g/mol. The van der Waals surface area contributed by atoms with Crippen LogP contribution in [0.4, 0.5) is 0 Å². The van der Waals surface area contributed by atoms with Gasteiger partial charge < -0.3 is 38.3 Å². The van der Waals surface area contributed by atoms with Crippen molar-refractivity contribution < 1.29 is 43.1 Å². The molecule has 0 radical (unpaired) electrons. The lowest BCUT2D eigenvalue weighted by Crippen LogP contribution is -2.67. The van der Waals surface area contributed by atoms with Crippen LogP contribution in [0.5, 0.6) is 0 Å². The Labute approximate surface area is 163 Å². The van der Waals surface area contributed by atoms with Crippen molar-refractivity contribution in [3.8, 4) is 0 Å². The highest BCUT2D eigenvalue weighted by atomic mass is 16.8. The first kappa shape index (κ1) is 19.3. The fraction of sp³-hybridized carbons (Fsp3) is 0.947. The normalized spacial score (nSPS) is 57.4. The SMILES string of the molecule is COCO[C@@H]1C2(O)OC3C[C@]1(C)[C@@]14OC(C)(C)O[C@@]21[C@]3(C)[C@H](OCOC)C4=O. The monoisotopic (exact) mass is 400 g/mol. The van der Waals surface area contributed by atoms with Crippen LogP contribution in [0.2, 0.25) is 0 Å². The first-order chi connectivity index (χ1) is 13.0. The van der Waals surface area contributed by atoms with E-state index in [0.29, 0.717) is 6.42 Å². The zero-order chi connectivity index (χ0) is 20.4. The molecular formula is C19H28O9. The van der Waals surface area contributed by atoms with Crippen LogP contribution in [-0.4, -0.2) is 79.8 Å². The molecule has 3 aliphatic heterocycles. The van der Waals surface area contributed by atoms with Crippen LogP contribution in [0.15, 0.2) is 0 Å². The quantitative estimate of drug-likeness (QED) is 0.632. The van der Waals surface area contributed by atoms with Gasteiger partial charge in [0, 0.05) is 19.6 Å². The maximum Gasteiger partial charge on any atom is 0.227 e. The maximum absolute atomic E-state index is 13.9. The second-order valence-electron chi connectivity index (χ2n) is 9.44. The minimum absolute atomic E-state index is 0.0549. The molecule has 6 aliphatic rings. The molecule has 0 aromatic rings. The van der Waals surface area contributed by atoms with Crippen molar-refractivity contribution in [3.63, 3.8) is 0 Å². The Morgan fingerprint density at radius 1 is 1.07 bits per heavy atom. The van der Waals surface area contributed by atoms with Crippen LogP contribution in [0, 0.1) is 10.8 Å². The van der Waals surface area contributed by atoms with E-state index in [9.17, 15) is 9.90 Å². The summed E-state index contributed by atoms with van der Waals surface area (Å²) in [6, 6.07) is 0. The van der Waals surface area contributed by atoms with Crippen molar-refractivity contribution >= 4 is 5.78 Å². The van der Waals surface area contributed by atoms with Gasteiger partial charge in [0.15, 0.2) is 22.8 Å². The van der Waals surface area contributed by atoms with Gasteiger partial charge in [0.1, 0.15) is 25.8 Å². The number of aliphatic hydroxyl groups is 1. The van der Waals surface area contributed by atoms with E-state index < -0.39 is 51.9 Å². The Morgan fingerprint density at radius 2 is 1.71 bits per heavy atom. The third kappa shape index (κ3) is 1.52. The highest BCUT2D eigenvalue weighted by Gasteiger charge is 3.05. The summed E-state index contributed by atoms with van der Waals surface area (Å²) in [5.41, 5.74) is -4.81. The minimum atomic E-state index is -1.88. The lowest BCUT2D eigenvalue weighted by atomic mass is 9.57. The molecule has 3 saturated carbocycles. The molecule has 8 atom stereocenters. The van der Waals surface area contributed by atoms with Gasteiger partial charge in [-0.2, -0.15) is 0 Å². The average molecular weight is 400 g/mol. The second kappa shape index (κ2) is 5.15. The number of Topliss-reactive ketones (excluding diaryl/α,β-unsaturated/α-hetero) is 1. The Hall–Kier alpha value is -0.650. The summed E-state index contributed by atoms with van der Waals surface area (Å²) in [6.45, 7) is 7.15. The number of ether oxygens (including phenoxy) is 7. The second-order valence-corrected chi connectivity index (χ2v) is 9.44. The Bertz CT molecular complexity index is 741. The van der Waals surface area contributed by atoms with E-state index in [-0.39, 0.29) is 19.4 Å². The van der Waals surface area contributed by atoms with Crippen LogP contribution in [-0.2, 0) is 38.0 Å². The lowest BCUT2D eigenvalue weighted by Gasteiger charge is -2.50. The fourth-order valence-corrected chi connectivity index (χ4v) is 7.16. The summed E-state index contributed by atoms with van der Waals surface area (Å²) in [7, 11) is 2.99. The van der Waals surface area contributed by atoms with Crippen molar-refractivity contribution in [3.05, 3.63) is 0 Å². The molecule has 1 N–H and O–H groups in total. The zero-order valence-corrected chi connectivity index (χ0v) is 17.1. The van der Waals surface area contributed by atoms with E-state index in [2.05, 4.69) is 0 Å². The van der Waals surface area contributed by atoms with E-state index in [4.69, 9.17) is 33.2 Å². The first-order valence-corrected chi connectivity index (χ1v) is 9.58. The number of carbonyl (C=O) groups is 1. The van der Waals surface area contributed by atoms with Crippen molar-refractivity contribution in [1.82, 2.24) is 0 Å². The van der Waals surface area contributed by atoms with Gasteiger partial charge in [-0.25, -0.2) is 0 Å². The predicted octanol–water partition coefficient (Wildman–Crippen LogP) is 0.325. The third-order valence-corrected chi connectivity index (χ3v) is 7.73. The standard InChI is InChI=1S/C19H28O9/c1-14(2)27-17-11(20)12(24-8-22-5)16(4)10-7-15(17,3)13(25-9-23-6)18(21,26-10)19(16,17)28-14/h10,12-13,21H,7-9H2,1-6H3/t10?,12-,13+,15+,16+,17-,18?,19-/m1/s1. The number of hydrogen-bond donors (Lipinski definition) is 1. The Balaban J connectivity index is 1.76. The topological polar surface area (TPSA) is 102 Å². The third-order valence-electron chi connectivity index (χ3n) is 7.73. The van der Waals surface area contributed by atoms with Crippen molar-refractivity contribution in [2.24, 2.45) is 10.8 Å². The molecule has 6 bridgehead atoms. The summed E-state index contributed by atoms with van der Waals surface area (Å²) >= 11 is 0. The number of ketones is 1. The lowest BCUT2D eigenvalue weighted by molar-refractivity contribution is -0.346. The van der Waals surface area contributed by atoms with E-state index in [1.807, 2.05) is 13.8 Å². The molecule has 9 nitrogen and oxygen atoms in total. The van der Waals surface area contributed by atoms with Crippen LogP contribution >= 0.6 is 0 Å². The largest absolute Gasteiger partial charge is 0.361 e. The van der Waals surface area contributed by atoms with Gasteiger partial charge in [-0.1, -0.05) is 13.8 Å². The van der Waals surface area contributed by atoms with Gasteiger partial charge >= 0.3 is 0 Å². The van der Waals surface area contributed by atoms with Gasteiger partial charge in [0.2, 0.25) is 5.79 Å². The Kier molecular flexibility index (Phi) is 3.55. The number of rotatable bonds is 6. The molecule has 1 spiro atoms. The predicted molar refractivity (Wildman–Crippen MR) is 90.9 cm³/mol. The van der Waals surface area contributed by atoms with Crippen LogP contribution in [0.3, 0.4) is 0 Å². The van der Waals surface area contributed by atoms with Gasteiger partial charge in [-0.05, 0) is 20.3 Å². The van der Waals surface area contributed by atoms with E-state index in [1.165, 1.54) is 14.2 Å². The zero-order valence-electron chi connectivity index (χ0n) is 17.1. The highest BCUT2D eigenvalue weighted by Crippen LogP contribution is 2.85. The smallest absolute Gasteiger partial charge is 0.227 e. The molecule has 0 amide bonds. The molecule has 3 heterocycles. The van der Waals surface area contributed by atoms with Crippen LogP contribution < -0.4 is 0 Å². The van der Waals surface area contributed by atoms with Crippen LogP contribution in [0.1, 0.15) is 34.1 Å². The molecule has 0 aromatic heterocycles. The maximum atomic E-state index is 13.9. The van der Waals surface area contributed by atoms with Crippen molar-refractivity contribution in [1.29, 1.82) is 0 Å². The summed E-state index contributed by atoms with van der Waals surface area (Å²) < 4.78 is 41.0. The van der Waals surface area contributed by atoms with Crippen LogP contribution in [0.25, 0.3) is 0 Å². The first-order valence-electron chi connectivity index (χ1n) is 9.58. The summed E-state index contributed by atoms with van der Waals surface area (Å²) in [5.74, 6) is -3.23. The average Bonchev–Trinajstić information content (AvgIpc) is 3.05. The summed E-state index contributed by atoms with van der Waals surface area (Å²) in [5, 5.41) is 11.9. The molecule has 6 rings (SSSR count). The minimum Gasteiger partial charge on any atom is -0.361 e. The van der Waals surface area contributed by atoms with E-state index in [0.717, 1.165) is 0 Å². The molecule has 3 aliphatic carbocycles. The molecule has 2 unspecified atom stereocenters. The van der Waals surface area contributed by atoms with Gasteiger partial charge in [0.25, 0.3) is 0 Å². The Morgan fingerprint density at radius 3 is 2.36 bits per heavy atom. The molecule has 9 heteroatoms. The fourth-order valence-electron chi connectivity index (χ4n) is 7.16. The van der Waals surface area contributed by atoms with E-state index in [1.54, 1.807) is 13.8 Å². The number of methoxy groups -OCH3 is 2. The van der Waals surface area contributed by atoms with Gasteiger partial charge in [-0.3, -0.25) is 4.79 Å². The molecule has 158 valence electrons. The number of carbonyl (C=O) groups excluding carboxylic acids is 1. The van der Waals surface area contributed by atoms with E-state index >= 15 is 0 Å². The summed E-state index contributed by atoms with van der Waals surface area (Å²) in [6.07, 6.45) is -1.77. The van der Waals surface area contributed by atoms with Crippen molar-refractivity contribution in [2.75, 3.05) is 27.8 Å². The summed E-state index contributed by atoms with van der Waals surface area (Å²) in [4.78, 5) is 13.9. The molecule has 6 fully saturated rings. The molecule has 0 aromatic carbocycles. The van der Waals surface area contributed by atoms with Gasteiger partial charge in [0.05, 0.1) is 11.5 Å². The molecule has 3 saturated heterocycles. The molecule has 28 heavy (non-hydrogen) atoms. The number of hydrogen-bond acceptors (Lipinski definition) is 9. The highest BCUT2D eigenvalue weighted by molar-refractivity contribution is 6.01. The van der Waals surface area contributed by atoms with Gasteiger partial charge in [-0.15, -0.1) is 0 Å². The van der Waals surface area contributed by atoms with Crippen molar-refractivity contribution in [2.45, 2.75) is 75.2 Å².